The summed E-state index contributed by atoms with van der Waals surface area (Å²) in [5.41, 5.74) is 1.91. The number of nitrogens with zero attached hydrogens (tertiary/aromatic N) is 1. The maximum Gasteiger partial charge on any atom is 0.255 e. The minimum Gasteiger partial charge on any atom is -0.336 e. The molecule has 0 aliphatic heterocycles. The highest BCUT2D eigenvalue weighted by atomic mass is 79.9. The molecule has 1 saturated carbocycles. The van der Waals surface area contributed by atoms with Crippen LogP contribution in [0.5, 0.6) is 0 Å². The van der Waals surface area contributed by atoms with E-state index in [0.717, 1.165) is 35.0 Å². The van der Waals surface area contributed by atoms with E-state index in [1.807, 2.05) is 36.9 Å². The zero-order valence-electron chi connectivity index (χ0n) is 9.66. The predicted octanol–water partition coefficient (Wildman–Crippen LogP) is 3.38. The Morgan fingerprint density at radius 2 is 2.19 bits per heavy atom. The number of amides is 1. The van der Waals surface area contributed by atoms with Crippen molar-refractivity contribution in [2.45, 2.75) is 32.7 Å². The summed E-state index contributed by atoms with van der Waals surface area (Å²) >= 11 is 3.45. The second-order valence-corrected chi connectivity index (χ2v) is 5.16. The van der Waals surface area contributed by atoms with Gasteiger partial charge in [-0.3, -0.25) is 4.79 Å². The molecule has 0 unspecified atom stereocenters. The van der Waals surface area contributed by atoms with Crippen LogP contribution in [0.25, 0.3) is 0 Å². The molecule has 86 valence electrons. The first kappa shape index (κ1) is 11.6. The van der Waals surface area contributed by atoms with Crippen LogP contribution in [-0.4, -0.2) is 23.4 Å². The van der Waals surface area contributed by atoms with E-state index < -0.39 is 0 Å². The van der Waals surface area contributed by atoms with Crippen molar-refractivity contribution in [2.24, 2.45) is 0 Å². The Kier molecular flexibility index (Phi) is 3.33. The van der Waals surface area contributed by atoms with Gasteiger partial charge in [0.05, 0.1) is 5.56 Å². The minimum atomic E-state index is 0.153. The van der Waals surface area contributed by atoms with E-state index in [2.05, 4.69) is 15.9 Å². The van der Waals surface area contributed by atoms with Crippen LogP contribution in [0, 0.1) is 6.92 Å². The molecule has 3 heteroatoms. The van der Waals surface area contributed by atoms with Gasteiger partial charge >= 0.3 is 0 Å². The fourth-order valence-corrected chi connectivity index (χ4v) is 2.33. The summed E-state index contributed by atoms with van der Waals surface area (Å²) in [5, 5.41) is 0. The van der Waals surface area contributed by atoms with Gasteiger partial charge in [-0.05, 0) is 54.8 Å². The van der Waals surface area contributed by atoms with Gasteiger partial charge in [0.15, 0.2) is 0 Å². The minimum absolute atomic E-state index is 0.153. The molecule has 2 nitrogen and oxygen atoms in total. The average molecular weight is 282 g/mol. The Morgan fingerprint density at radius 3 is 2.75 bits per heavy atom. The fourth-order valence-electron chi connectivity index (χ4n) is 1.91. The van der Waals surface area contributed by atoms with Crippen LogP contribution in [0.3, 0.4) is 0 Å². The summed E-state index contributed by atoms with van der Waals surface area (Å²) in [5.74, 6) is 0.153. The summed E-state index contributed by atoms with van der Waals surface area (Å²) in [6.45, 7) is 4.85. The van der Waals surface area contributed by atoms with E-state index in [-0.39, 0.29) is 5.91 Å². The van der Waals surface area contributed by atoms with Gasteiger partial charge in [-0.25, -0.2) is 0 Å². The van der Waals surface area contributed by atoms with Crippen molar-refractivity contribution in [3.63, 3.8) is 0 Å². The molecule has 0 saturated heterocycles. The molecule has 1 aromatic carbocycles. The zero-order chi connectivity index (χ0) is 11.7. The molecular formula is C13H16BrNO. The van der Waals surface area contributed by atoms with Crippen LogP contribution in [-0.2, 0) is 0 Å². The van der Waals surface area contributed by atoms with Crippen LogP contribution in [0.2, 0.25) is 0 Å². The lowest BCUT2D eigenvalue weighted by molar-refractivity contribution is 0.0751. The fraction of sp³-hybridized carbons (Fsp3) is 0.462. The van der Waals surface area contributed by atoms with Crippen molar-refractivity contribution < 1.29 is 4.79 Å². The maximum atomic E-state index is 12.3. The third-order valence-electron chi connectivity index (χ3n) is 2.94. The number of carbonyl (C=O) groups is 1. The molecule has 1 fully saturated rings. The molecule has 0 heterocycles. The third kappa shape index (κ3) is 2.29. The topological polar surface area (TPSA) is 20.3 Å². The number of hydrogen-bond donors (Lipinski definition) is 0. The summed E-state index contributed by atoms with van der Waals surface area (Å²) < 4.78 is 0.891. The molecule has 0 N–H and O–H groups in total. The van der Waals surface area contributed by atoms with E-state index >= 15 is 0 Å². The zero-order valence-corrected chi connectivity index (χ0v) is 11.3. The maximum absolute atomic E-state index is 12.3. The van der Waals surface area contributed by atoms with E-state index in [4.69, 9.17) is 0 Å². The highest BCUT2D eigenvalue weighted by Gasteiger charge is 2.32. The Hall–Kier alpha value is -0.830. The summed E-state index contributed by atoms with van der Waals surface area (Å²) in [6, 6.07) is 6.39. The van der Waals surface area contributed by atoms with Gasteiger partial charge in [0.1, 0.15) is 0 Å². The third-order valence-corrected chi connectivity index (χ3v) is 3.63. The molecule has 1 amide bonds. The molecule has 16 heavy (non-hydrogen) atoms. The van der Waals surface area contributed by atoms with E-state index in [1.165, 1.54) is 0 Å². The first-order valence-corrected chi connectivity index (χ1v) is 6.50. The molecule has 0 radical (unpaired) electrons. The molecular weight excluding hydrogens is 266 g/mol. The van der Waals surface area contributed by atoms with E-state index in [0.29, 0.717) is 6.04 Å². The highest BCUT2D eigenvalue weighted by molar-refractivity contribution is 9.10. The number of carbonyl (C=O) groups excluding carboxylic acids is 1. The van der Waals surface area contributed by atoms with Crippen LogP contribution in [0.15, 0.2) is 22.7 Å². The van der Waals surface area contributed by atoms with Gasteiger partial charge in [-0.2, -0.15) is 0 Å². The molecule has 1 aliphatic rings. The highest BCUT2D eigenvalue weighted by Crippen LogP contribution is 2.29. The van der Waals surface area contributed by atoms with Crippen molar-refractivity contribution in [1.82, 2.24) is 4.90 Å². The van der Waals surface area contributed by atoms with Crippen molar-refractivity contribution in [3.05, 3.63) is 33.8 Å². The molecule has 0 spiro atoms. The largest absolute Gasteiger partial charge is 0.336 e. The molecule has 2 rings (SSSR count). The van der Waals surface area contributed by atoms with Gasteiger partial charge in [0, 0.05) is 17.1 Å². The molecule has 0 atom stereocenters. The van der Waals surface area contributed by atoms with Crippen molar-refractivity contribution >= 4 is 21.8 Å². The monoisotopic (exact) mass is 281 g/mol. The number of benzene rings is 1. The second-order valence-electron chi connectivity index (χ2n) is 4.31. The predicted molar refractivity (Wildman–Crippen MR) is 68.6 cm³/mol. The molecule has 0 bridgehead atoms. The van der Waals surface area contributed by atoms with Crippen LogP contribution < -0.4 is 0 Å². The van der Waals surface area contributed by atoms with Crippen LogP contribution in [0.1, 0.15) is 35.7 Å². The summed E-state index contributed by atoms with van der Waals surface area (Å²) in [7, 11) is 0. The Balaban J connectivity index is 2.28. The van der Waals surface area contributed by atoms with Gasteiger partial charge < -0.3 is 4.90 Å². The van der Waals surface area contributed by atoms with Crippen LogP contribution >= 0.6 is 15.9 Å². The number of aryl methyl sites for hydroxylation is 1. The average Bonchev–Trinajstić information content (AvgIpc) is 3.07. The lowest BCUT2D eigenvalue weighted by Crippen LogP contribution is -2.33. The van der Waals surface area contributed by atoms with Gasteiger partial charge in [0.2, 0.25) is 0 Å². The molecule has 0 aromatic heterocycles. The summed E-state index contributed by atoms with van der Waals surface area (Å²) in [4.78, 5) is 14.3. The van der Waals surface area contributed by atoms with Gasteiger partial charge in [-0.15, -0.1) is 0 Å². The summed E-state index contributed by atoms with van der Waals surface area (Å²) in [6.07, 6.45) is 2.31. The number of rotatable bonds is 3. The van der Waals surface area contributed by atoms with E-state index in [1.54, 1.807) is 0 Å². The quantitative estimate of drug-likeness (QED) is 0.832. The Labute approximate surface area is 105 Å². The Morgan fingerprint density at radius 1 is 1.50 bits per heavy atom. The SMILES string of the molecule is CCN(C(=O)c1cc(C)ccc1Br)C1CC1. The number of hydrogen-bond acceptors (Lipinski definition) is 1. The first-order chi connectivity index (χ1) is 7.63. The smallest absolute Gasteiger partial charge is 0.255 e. The van der Waals surface area contributed by atoms with Crippen LogP contribution in [0.4, 0.5) is 0 Å². The van der Waals surface area contributed by atoms with Crippen molar-refractivity contribution in [2.75, 3.05) is 6.54 Å². The second kappa shape index (κ2) is 4.58. The standard InChI is InChI=1S/C13H16BrNO/c1-3-15(10-5-6-10)13(16)11-8-9(2)4-7-12(11)14/h4,7-8,10H,3,5-6H2,1-2H3. The molecule has 1 aliphatic carbocycles. The number of halogens is 1. The lowest BCUT2D eigenvalue weighted by atomic mass is 10.1. The molecule has 1 aromatic rings. The lowest BCUT2D eigenvalue weighted by Gasteiger charge is -2.21. The van der Waals surface area contributed by atoms with Gasteiger partial charge in [0.25, 0.3) is 5.91 Å². The first-order valence-electron chi connectivity index (χ1n) is 5.70. The Bertz CT molecular complexity index is 412. The van der Waals surface area contributed by atoms with Gasteiger partial charge in [-0.1, -0.05) is 11.6 Å². The normalized spacial score (nSPS) is 14.9. The van der Waals surface area contributed by atoms with Crippen molar-refractivity contribution in [3.8, 4) is 0 Å². The van der Waals surface area contributed by atoms with E-state index in [9.17, 15) is 4.79 Å². The van der Waals surface area contributed by atoms with Crippen molar-refractivity contribution in [1.29, 1.82) is 0 Å².